The van der Waals surface area contributed by atoms with Crippen LogP contribution in [0.1, 0.15) is 30.7 Å². The van der Waals surface area contributed by atoms with Crippen molar-refractivity contribution < 1.29 is 5.11 Å². The van der Waals surface area contributed by atoms with E-state index in [-0.39, 0.29) is 11.9 Å². The SMILES string of the molecule is N#Cc1cnc(CN2CCN([C@@H]3CCC[C@H]3O)CC2)nc1N. The van der Waals surface area contributed by atoms with Crippen LogP contribution in [0.2, 0.25) is 0 Å². The summed E-state index contributed by atoms with van der Waals surface area (Å²) in [6, 6.07) is 2.31. The highest BCUT2D eigenvalue weighted by molar-refractivity contribution is 5.46. The summed E-state index contributed by atoms with van der Waals surface area (Å²) in [5.74, 6) is 0.908. The second-order valence-electron chi connectivity index (χ2n) is 6.07. The zero-order valence-corrected chi connectivity index (χ0v) is 12.6. The van der Waals surface area contributed by atoms with Gasteiger partial charge < -0.3 is 10.8 Å². The largest absolute Gasteiger partial charge is 0.391 e. The molecule has 7 nitrogen and oxygen atoms in total. The number of aliphatic hydroxyl groups excluding tert-OH is 1. The van der Waals surface area contributed by atoms with Gasteiger partial charge in [-0.25, -0.2) is 9.97 Å². The molecule has 1 aromatic rings. The maximum absolute atomic E-state index is 10.0. The number of anilines is 1. The molecule has 0 spiro atoms. The fraction of sp³-hybridized carbons (Fsp3) is 0.667. The van der Waals surface area contributed by atoms with Crippen LogP contribution in [-0.2, 0) is 6.54 Å². The molecule has 1 saturated carbocycles. The maximum atomic E-state index is 10.0. The van der Waals surface area contributed by atoms with E-state index in [0.29, 0.717) is 24.0 Å². The molecular weight excluding hydrogens is 280 g/mol. The van der Waals surface area contributed by atoms with Crippen molar-refractivity contribution in [3.05, 3.63) is 17.6 Å². The monoisotopic (exact) mass is 302 g/mol. The molecule has 3 rings (SSSR count). The standard InChI is InChI=1S/C15H22N6O/c16-8-11-9-18-14(19-15(11)17)10-20-4-6-21(7-5-20)12-2-1-3-13(12)22/h9,12-13,22H,1-7,10H2,(H2,17,18,19)/t12-,13-/m1/s1. The lowest BCUT2D eigenvalue weighted by Crippen LogP contribution is -2.52. The van der Waals surface area contributed by atoms with E-state index in [2.05, 4.69) is 19.8 Å². The number of aromatic nitrogens is 2. The van der Waals surface area contributed by atoms with Crippen molar-refractivity contribution in [1.82, 2.24) is 19.8 Å². The van der Waals surface area contributed by atoms with E-state index in [1.54, 1.807) is 0 Å². The minimum absolute atomic E-state index is 0.159. The Balaban J connectivity index is 1.54. The number of nitrogen functional groups attached to an aromatic ring is 1. The topological polar surface area (TPSA) is 102 Å². The molecule has 0 unspecified atom stereocenters. The summed E-state index contributed by atoms with van der Waals surface area (Å²) in [5, 5.41) is 18.8. The highest BCUT2D eigenvalue weighted by Gasteiger charge is 2.32. The highest BCUT2D eigenvalue weighted by atomic mass is 16.3. The third kappa shape index (κ3) is 3.19. The van der Waals surface area contributed by atoms with Crippen LogP contribution in [0.25, 0.3) is 0 Å². The molecule has 1 aliphatic carbocycles. The predicted octanol–water partition coefficient (Wildman–Crippen LogP) is -0.0385. The summed E-state index contributed by atoms with van der Waals surface area (Å²) in [5.41, 5.74) is 6.05. The average Bonchev–Trinajstić information content (AvgIpc) is 2.94. The number of nitrogens with two attached hydrogens (primary N) is 1. The zero-order valence-electron chi connectivity index (χ0n) is 12.6. The van der Waals surface area contributed by atoms with Crippen LogP contribution in [0, 0.1) is 11.3 Å². The van der Waals surface area contributed by atoms with Crippen molar-refractivity contribution >= 4 is 5.82 Å². The van der Waals surface area contributed by atoms with Gasteiger partial charge in [0.05, 0.1) is 18.8 Å². The first-order valence-electron chi connectivity index (χ1n) is 7.83. The summed E-state index contributed by atoms with van der Waals surface area (Å²) in [6.07, 6.45) is 4.50. The third-order valence-corrected chi connectivity index (χ3v) is 4.67. The molecule has 0 bridgehead atoms. The van der Waals surface area contributed by atoms with Gasteiger partial charge in [0.25, 0.3) is 0 Å². The van der Waals surface area contributed by atoms with E-state index in [4.69, 9.17) is 11.0 Å². The third-order valence-electron chi connectivity index (χ3n) is 4.67. The Morgan fingerprint density at radius 1 is 1.32 bits per heavy atom. The van der Waals surface area contributed by atoms with Crippen LogP contribution < -0.4 is 5.73 Å². The molecule has 1 aliphatic heterocycles. The lowest BCUT2D eigenvalue weighted by atomic mass is 10.1. The summed E-state index contributed by atoms with van der Waals surface area (Å²) in [4.78, 5) is 13.1. The molecular formula is C15H22N6O. The second kappa shape index (κ2) is 6.57. The van der Waals surface area contributed by atoms with Crippen molar-refractivity contribution in [2.45, 2.75) is 38.0 Å². The Morgan fingerprint density at radius 2 is 2.09 bits per heavy atom. The average molecular weight is 302 g/mol. The minimum atomic E-state index is -0.159. The molecule has 0 amide bonds. The fourth-order valence-corrected chi connectivity index (χ4v) is 3.40. The number of nitrogens with zero attached hydrogens (tertiary/aromatic N) is 5. The first-order chi connectivity index (χ1) is 10.7. The molecule has 1 saturated heterocycles. The molecule has 2 aliphatic rings. The van der Waals surface area contributed by atoms with Gasteiger partial charge in [-0.3, -0.25) is 9.80 Å². The Morgan fingerprint density at radius 3 is 2.68 bits per heavy atom. The van der Waals surface area contributed by atoms with Crippen LogP contribution in [0.5, 0.6) is 0 Å². The minimum Gasteiger partial charge on any atom is -0.391 e. The van der Waals surface area contributed by atoms with E-state index in [1.165, 1.54) is 6.20 Å². The molecule has 2 heterocycles. The molecule has 2 atom stereocenters. The molecule has 3 N–H and O–H groups in total. The van der Waals surface area contributed by atoms with Crippen molar-refractivity contribution in [2.75, 3.05) is 31.9 Å². The number of nitriles is 1. The smallest absolute Gasteiger partial charge is 0.145 e. The molecule has 0 aromatic carbocycles. The van der Waals surface area contributed by atoms with Gasteiger partial charge in [0, 0.05) is 32.2 Å². The lowest BCUT2D eigenvalue weighted by molar-refractivity contribution is 0.0330. The van der Waals surface area contributed by atoms with Crippen LogP contribution in [0.4, 0.5) is 5.82 Å². The van der Waals surface area contributed by atoms with Crippen molar-refractivity contribution in [1.29, 1.82) is 5.26 Å². The number of piperazine rings is 1. The summed E-state index contributed by atoms with van der Waals surface area (Å²) >= 11 is 0. The molecule has 1 aromatic heterocycles. The van der Waals surface area contributed by atoms with Crippen LogP contribution in [-0.4, -0.2) is 63.2 Å². The second-order valence-corrected chi connectivity index (χ2v) is 6.07. The van der Waals surface area contributed by atoms with Crippen LogP contribution in [0.15, 0.2) is 6.20 Å². The normalized spacial score (nSPS) is 26.9. The van der Waals surface area contributed by atoms with Gasteiger partial charge in [0.2, 0.25) is 0 Å². The van der Waals surface area contributed by atoms with E-state index in [0.717, 1.165) is 45.4 Å². The highest BCUT2D eigenvalue weighted by Crippen LogP contribution is 2.25. The first kappa shape index (κ1) is 15.2. The lowest BCUT2D eigenvalue weighted by Gasteiger charge is -2.38. The van der Waals surface area contributed by atoms with E-state index >= 15 is 0 Å². The molecule has 2 fully saturated rings. The van der Waals surface area contributed by atoms with Crippen molar-refractivity contribution in [3.63, 3.8) is 0 Å². The fourth-order valence-electron chi connectivity index (χ4n) is 3.40. The van der Waals surface area contributed by atoms with Gasteiger partial charge in [-0.1, -0.05) is 0 Å². The Kier molecular flexibility index (Phi) is 4.52. The van der Waals surface area contributed by atoms with E-state index in [9.17, 15) is 5.11 Å². The number of aliphatic hydroxyl groups is 1. The number of rotatable bonds is 3. The van der Waals surface area contributed by atoms with Crippen molar-refractivity contribution in [3.8, 4) is 6.07 Å². The Hall–Kier alpha value is -1.75. The maximum Gasteiger partial charge on any atom is 0.145 e. The van der Waals surface area contributed by atoms with Crippen molar-refractivity contribution in [2.24, 2.45) is 0 Å². The zero-order chi connectivity index (χ0) is 15.5. The van der Waals surface area contributed by atoms with Gasteiger partial charge in [0.1, 0.15) is 23.3 Å². The van der Waals surface area contributed by atoms with Gasteiger partial charge >= 0.3 is 0 Å². The van der Waals surface area contributed by atoms with E-state index in [1.807, 2.05) is 6.07 Å². The number of hydrogen-bond acceptors (Lipinski definition) is 7. The van der Waals surface area contributed by atoms with Crippen LogP contribution in [0.3, 0.4) is 0 Å². The summed E-state index contributed by atoms with van der Waals surface area (Å²) < 4.78 is 0. The van der Waals surface area contributed by atoms with Crippen LogP contribution >= 0.6 is 0 Å². The quantitative estimate of drug-likeness (QED) is 0.807. The van der Waals surface area contributed by atoms with Gasteiger partial charge in [-0.05, 0) is 19.3 Å². The molecule has 118 valence electrons. The molecule has 0 radical (unpaired) electrons. The number of hydrogen-bond donors (Lipinski definition) is 2. The summed E-state index contributed by atoms with van der Waals surface area (Å²) in [7, 11) is 0. The Labute approximate surface area is 130 Å². The molecule has 22 heavy (non-hydrogen) atoms. The van der Waals surface area contributed by atoms with Gasteiger partial charge in [-0.15, -0.1) is 0 Å². The predicted molar refractivity (Wildman–Crippen MR) is 81.7 cm³/mol. The van der Waals surface area contributed by atoms with Gasteiger partial charge in [0.15, 0.2) is 0 Å². The van der Waals surface area contributed by atoms with E-state index < -0.39 is 0 Å². The Bertz CT molecular complexity index is 564. The van der Waals surface area contributed by atoms with Gasteiger partial charge in [-0.2, -0.15) is 5.26 Å². The summed E-state index contributed by atoms with van der Waals surface area (Å²) in [6.45, 7) is 4.46. The first-order valence-corrected chi connectivity index (χ1v) is 7.83. The molecule has 7 heteroatoms.